The molecule has 3 rings (SSSR count). The van der Waals surface area contributed by atoms with Crippen molar-refractivity contribution in [2.24, 2.45) is 0 Å². The quantitative estimate of drug-likeness (QED) is 0.604. The van der Waals surface area contributed by atoms with E-state index in [1.54, 1.807) is 24.3 Å². The molecule has 0 aliphatic carbocycles. The van der Waals surface area contributed by atoms with E-state index in [1.165, 1.54) is 30.3 Å². The molecule has 0 saturated carbocycles. The standard InChI is InChI=1S/C23H23FN2O3S/c1-3-18-8-4-6-10-21(18)25-23(27)16-26(22-11-7-5-9-20(22)24)30(28,29)19-14-12-17(2)13-15-19/h4-15H,3,16H2,1-2H3,(H,25,27). The van der Waals surface area contributed by atoms with E-state index in [0.717, 1.165) is 21.5 Å². The van der Waals surface area contributed by atoms with Crippen LogP contribution in [0.2, 0.25) is 0 Å². The minimum atomic E-state index is -4.16. The van der Waals surface area contributed by atoms with E-state index in [4.69, 9.17) is 0 Å². The van der Waals surface area contributed by atoms with Crippen LogP contribution in [-0.2, 0) is 21.2 Å². The molecule has 0 aliphatic rings. The van der Waals surface area contributed by atoms with Crippen LogP contribution >= 0.6 is 0 Å². The number of amides is 1. The molecule has 5 nitrogen and oxygen atoms in total. The van der Waals surface area contributed by atoms with E-state index in [2.05, 4.69) is 5.32 Å². The summed E-state index contributed by atoms with van der Waals surface area (Å²) < 4.78 is 41.9. The SMILES string of the molecule is CCc1ccccc1NC(=O)CN(c1ccccc1F)S(=O)(=O)c1ccc(C)cc1. The van der Waals surface area contributed by atoms with Gasteiger partial charge in [-0.05, 0) is 49.2 Å². The topological polar surface area (TPSA) is 66.5 Å². The molecule has 0 unspecified atom stereocenters. The monoisotopic (exact) mass is 426 g/mol. The highest BCUT2D eigenvalue weighted by molar-refractivity contribution is 7.92. The van der Waals surface area contributed by atoms with E-state index in [0.29, 0.717) is 12.1 Å². The highest BCUT2D eigenvalue weighted by atomic mass is 32.2. The second-order valence-electron chi connectivity index (χ2n) is 6.84. The molecule has 0 radical (unpaired) electrons. The molecule has 0 fully saturated rings. The Bertz CT molecular complexity index is 1150. The lowest BCUT2D eigenvalue weighted by Gasteiger charge is -2.24. The molecule has 0 aliphatic heterocycles. The molecule has 7 heteroatoms. The number of hydrogen-bond acceptors (Lipinski definition) is 3. The van der Waals surface area contributed by atoms with Gasteiger partial charge in [-0.3, -0.25) is 9.10 Å². The van der Waals surface area contributed by atoms with Crippen LogP contribution in [0, 0.1) is 12.7 Å². The van der Waals surface area contributed by atoms with Crippen LogP contribution in [0.3, 0.4) is 0 Å². The summed E-state index contributed by atoms with van der Waals surface area (Å²) in [6.07, 6.45) is 0.704. The number of sulfonamides is 1. The van der Waals surface area contributed by atoms with Crippen molar-refractivity contribution in [3.63, 3.8) is 0 Å². The molecule has 3 aromatic carbocycles. The highest BCUT2D eigenvalue weighted by Crippen LogP contribution is 2.26. The Hall–Kier alpha value is -3.19. The van der Waals surface area contributed by atoms with Crippen LogP contribution in [0.25, 0.3) is 0 Å². The van der Waals surface area contributed by atoms with Crippen molar-refractivity contribution >= 4 is 27.3 Å². The van der Waals surface area contributed by atoms with E-state index in [1.807, 2.05) is 26.0 Å². The number of rotatable bonds is 7. The maximum absolute atomic E-state index is 14.5. The minimum Gasteiger partial charge on any atom is -0.324 e. The maximum atomic E-state index is 14.5. The Kier molecular flexibility index (Phi) is 6.52. The molecule has 0 bridgehead atoms. The summed E-state index contributed by atoms with van der Waals surface area (Å²) in [7, 11) is -4.16. The molecule has 0 saturated heterocycles. The molecule has 1 N–H and O–H groups in total. The number of benzene rings is 3. The van der Waals surface area contributed by atoms with Crippen molar-refractivity contribution in [3.8, 4) is 0 Å². The first-order chi connectivity index (χ1) is 14.3. The van der Waals surface area contributed by atoms with Gasteiger partial charge in [-0.1, -0.05) is 55.0 Å². The smallest absolute Gasteiger partial charge is 0.264 e. The van der Waals surface area contributed by atoms with E-state index in [9.17, 15) is 17.6 Å². The Morgan fingerprint density at radius 3 is 2.27 bits per heavy atom. The van der Waals surface area contributed by atoms with E-state index < -0.39 is 28.3 Å². The van der Waals surface area contributed by atoms with Crippen LogP contribution in [0.4, 0.5) is 15.8 Å². The number of para-hydroxylation sites is 2. The predicted octanol–water partition coefficient (Wildman–Crippen LogP) is 4.53. The second-order valence-corrected chi connectivity index (χ2v) is 8.70. The minimum absolute atomic E-state index is 0.0156. The van der Waals surface area contributed by atoms with Gasteiger partial charge in [0.15, 0.2) is 0 Å². The molecule has 0 heterocycles. The summed E-state index contributed by atoms with van der Waals surface area (Å²) in [5.74, 6) is -1.29. The summed E-state index contributed by atoms with van der Waals surface area (Å²) in [6.45, 7) is 3.23. The van der Waals surface area contributed by atoms with Crippen molar-refractivity contribution in [2.45, 2.75) is 25.2 Å². The number of aryl methyl sites for hydroxylation is 2. The molecule has 0 atom stereocenters. The summed E-state index contributed by atoms with van der Waals surface area (Å²) in [6, 6.07) is 19.0. The first-order valence-corrected chi connectivity index (χ1v) is 11.0. The molecular formula is C23H23FN2O3S. The molecule has 156 valence electrons. The third-order valence-electron chi connectivity index (χ3n) is 4.69. The van der Waals surface area contributed by atoms with Crippen LogP contribution in [-0.4, -0.2) is 20.9 Å². The van der Waals surface area contributed by atoms with Gasteiger partial charge in [0.2, 0.25) is 5.91 Å². The van der Waals surface area contributed by atoms with Crippen LogP contribution in [0.5, 0.6) is 0 Å². The number of halogens is 1. The maximum Gasteiger partial charge on any atom is 0.264 e. The number of nitrogens with zero attached hydrogens (tertiary/aromatic N) is 1. The fourth-order valence-electron chi connectivity index (χ4n) is 3.06. The summed E-state index contributed by atoms with van der Waals surface area (Å²) >= 11 is 0. The number of nitrogens with one attached hydrogen (secondary N) is 1. The van der Waals surface area contributed by atoms with Gasteiger partial charge in [0, 0.05) is 5.69 Å². The second kappa shape index (κ2) is 9.09. The van der Waals surface area contributed by atoms with Crippen molar-refractivity contribution in [1.29, 1.82) is 0 Å². The van der Waals surface area contributed by atoms with Crippen molar-refractivity contribution in [1.82, 2.24) is 0 Å². The van der Waals surface area contributed by atoms with Gasteiger partial charge >= 0.3 is 0 Å². The van der Waals surface area contributed by atoms with Crippen LogP contribution in [0.15, 0.2) is 77.7 Å². The highest BCUT2D eigenvalue weighted by Gasteiger charge is 2.29. The first kappa shape index (κ1) is 21.5. The first-order valence-electron chi connectivity index (χ1n) is 9.54. The Morgan fingerprint density at radius 1 is 0.967 bits per heavy atom. The van der Waals surface area contributed by atoms with Gasteiger partial charge in [0.05, 0.1) is 10.6 Å². The lowest BCUT2D eigenvalue weighted by Crippen LogP contribution is -2.38. The van der Waals surface area contributed by atoms with Crippen LogP contribution in [0.1, 0.15) is 18.1 Å². The summed E-state index contributed by atoms with van der Waals surface area (Å²) in [4.78, 5) is 12.8. The number of hydrogen-bond donors (Lipinski definition) is 1. The lowest BCUT2D eigenvalue weighted by atomic mass is 10.1. The van der Waals surface area contributed by atoms with Gasteiger partial charge in [-0.15, -0.1) is 0 Å². The molecule has 30 heavy (non-hydrogen) atoms. The van der Waals surface area contributed by atoms with Crippen molar-refractivity contribution in [2.75, 3.05) is 16.2 Å². The van der Waals surface area contributed by atoms with Crippen LogP contribution < -0.4 is 9.62 Å². The summed E-state index contributed by atoms with van der Waals surface area (Å²) in [5.41, 5.74) is 2.23. The van der Waals surface area contributed by atoms with Gasteiger partial charge < -0.3 is 5.32 Å². The zero-order valence-electron chi connectivity index (χ0n) is 16.8. The summed E-state index contributed by atoms with van der Waals surface area (Å²) in [5, 5.41) is 2.75. The zero-order chi connectivity index (χ0) is 21.7. The van der Waals surface area contributed by atoms with Gasteiger partial charge in [-0.2, -0.15) is 0 Å². The third kappa shape index (κ3) is 4.68. The Morgan fingerprint density at radius 2 is 1.60 bits per heavy atom. The predicted molar refractivity (Wildman–Crippen MR) is 117 cm³/mol. The molecule has 3 aromatic rings. The average Bonchev–Trinajstić information content (AvgIpc) is 2.73. The molecule has 1 amide bonds. The fraction of sp³-hybridized carbons (Fsp3) is 0.174. The Balaban J connectivity index is 1.97. The van der Waals surface area contributed by atoms with Gasteiger partial charge in [-0.25, -0.2) is 12.8 Å². The molecule has 0 spiro atoms. The largest absolute Gasteiger partial charge is 0.324 e. The van der Waals surface area contributed by atoms with Crippen molar-refractivity contribution in [3.05, 3.63) is 89.7 Å². The number of carbonyl (C=O) groups is 1. The third-order valence-corrected chi connectivity index (χ3v) is 6.46. The Labute approximate surface area is 176 Å². The van der Waals surface area contributed by atoms with Crippen molar-refractivity contribution < 1.29 is 17.6 Å². The molecule has 0 aromatic heterocycles. The number of carbonyl (C=O) groups excluding carboxylic acids is 1. The van der Waals surface area contributed by atoms with E-state index in [-0.39, 0.29) is 10.6 Å². The number of anilines is 2. The normalized spacial score (nSPS) is 11.2. The zero-order valence-corrected chi connectivity index (χ0v) is 17.6. The molecular weight excluding hydrogens is 403 g/mol. The van der Waals surface area contributed by atoms with E-state index >= 15 is 0 Å². The lowest BCUT2D eigenvalue weighted by molar-refractivity contribution is -0.114. The fourth-order valence-corrected chi connectivity index (χ4v) is 4.49. The van der Waals surface area contributed by atoms with Gasteiger partial charge in [0.1, 0.15) is 12.4 Å². The van der Waals surface area contributed by atoms with Gasteiger partial charge in [0.25, 0.3) is 10.0 Å². The average molecular weight is 427 g/mol.